The van der Waals surface area contributed by atoms with Gasteiger partial charge in [0.05, 0.1) is 6.61 Å². The predicted molar refractivity (Wildman–Crippen MR) is 171 cm³/mol. The second-order valence-electron chi connectivity index (χ2n) is 11.8. The van der Waals surface area contributed by atoms with Crippen LogP contribution >= 0.6 is 0 Å². The summed E-state index contributed by atoms with van der Waals surface area (Å²) >= 11 is 0. The average molecular weight is 573 g/mol. The Bertz CT molecular complexity index is 588. The Kier molecular flexibility index (Phi) is 31.8. The van der Waals surface area contributed by atoms with E-state index in [1.165, 1.54) is 173 Å². The third kappa shape index (κ3) is 37.6. The van der Waals surface area contributed by atoms with Crippen molar-refractivity contribution in [2.75, 3.05) is 6.61 Å². The molecule has 0 heterocycles. The fourth-order valence-electron chi connectivity index (χ4n) is 5.34. The molecule has 4 nitrogen and oxygen atoms in total. The Morgan fingerprint density at radius 1 is 0.436 bits per heavy atom. The zero-order valence-electron chi connectivity index (χ0n) is 26.2. The van der Waals surface area contributed by atoms with Crippen LogP contribution in [0.2, 0.25) is 0 Å². The molecule has 0 amide bonds. The number of hydrogen-bond donors (Lipinski definition) is 1. The highest BCUT2D eigenvalue weighted by Gasteiger charge is 2.02. The van der Waals surface area contributed by atoms with E-state index in [-0.39, 0.29) is 6.61 Å². The first-order valence-electron chi connectivity index (χ1n) is 17.3. The molecule has 0 aromatic carbocycles. The molecule has 234 valence electrons. The first kappa shape index (κ1) is 38.6. The molecule has 0 fully saturated rings. The third-order valence-corrected chi connectivity index (χ3v) is 8.35. The summed E-state index contributed by atoms with van der Waals surface area (Å²) in [5.74, 6) is 0. The van der Waals surface area contributed by atoms with Crippen LogP contribution in [0.4, 0.5) is 0 Å². The summed E-state index contributed by atoms with van der Waals surface area (Å²) in [5.41, 5.74) is 0. The van der Waals surface area contributed by atoms with Crippen LogP contribution in [0.1, 0.15) is 200 Å². The maximum absolute atomic E-state index is 10.4. The summed E-state index contributed by atoms with van der Waals surface area (Å²) in [7, 11) is -4.26. The Balaban J connectivity index is 3.11. The Hall–Kier alpha value is -0.390. The van der Waals surface area contributed by atoms with E-state index in [2.05, 4.69) is 23.3 Å². The molecule has 0 rings (SSSR count). The van der Waals surface area contributed by atoms with Gasteiger partial charge in [0.15, 0.2) is 0 Å². The molecule has 0 radical (unpaired) electrons. The van der Waals surface area contributed by atoms with Crippen molar-refractivity contribution in [3.05, 3.63) is 12.2 Å². The molecule has 0 saturated heterocycles. The zero-order valence-corrected chi connectivity index (χ0v) is 27.0. The van der Waals surface area contributed by atoms with Gasteiger partial charge in [0.25, 0.3) is 0 Å². The van der Waals surface area contributed by atoms with Crippen LogP contribution in [-0.2, 0) is 14.6 Å². The molecule has 0 aliphatic carbocycles. The topological polar surface area (TPSA) is 63.6 Å². The van der Waals surface area contributed by atoms with Gasteiger partial charge in [-0.3, -0.25) is 4.55 Å². The smallest absolute Gasteiger partial charge is 0.264 e. The van der Waals surface area contributed by atoms with Gasteiger partial charge in [-0.25, -0.2) is 4.18 Å². The third-order valence-electron chi connectivity index (χ3n) is 7.89. The molecule has 0 aromatic rings. The van der Waals surface area contributed by atoms with E-state index >= 15 is 0 Å². The second-order valence-corrected chi connectivity index (χ2v) is 12.9. The summed E-state index contributed by atoms with van der Waals surface area (Å²) in [4.78, 5) is 0. The molecular weight excluding hydrogens is 504 g/mol. The number of rotatable bonds is 33. The van der Waals surface area contributed by atoms with E-state index in [0.717, 1.165) is 12.8 Å². The molecule has 0 saturated carbocycles. The molecule has 0 aromatic heterocycles. The lowest BCUT2D eigenvalue weighted by Gasteiger charge is -2.04. The minimum atomic E-state index is -4.26. The second kappa shape index (κ2) is 32.1. The van der Waals surface area contributed by atoms with E-state index in [1.807, 2.05) is 0 Å². The number of hydrogen-bond acceptors (Lipinski definition) is 3. The van der Waals surface area contributed by atoms with Crippen LogP contribution in [-0.4, -0.2) is 19.6 Å². The summed E-state index contributed by atoms with van der Waals surface area (Å²) in [6.45, 7) is 2.38. The van der Waals surface area contributed by atoms with Crippen molar-refractivity contribution in [1.29, 1.82) is 0 Å². The molecule has 1 N–H and O–H groups in total. The highest BCUT2D eigenvalue weighted by Crippen LogP contribution is 2.15. The van der Waals surface area contributed by atoms with Gasteiger partial charge in [-0.15, -0.1) is 0 Å². The summed E-state index contributed by atoms with van der Waals surface area (Å²) in [6.07, 6.45) is 45.2. The first-order chi connectivity index (χ1) is 19.1. The largest absolute Gasteiger partial charge is 0.397 e. The van der Waals surface area contributed by atoms with Crippen molar-refractivity contribution < 1.29 is 17.2 Å². The van der Waals surface area contributed by atoms with Gasteiger partial charge in [0, 0.05) is 0 Å². The number of unbranched alkanes of at least 4 members (excludes halogenated alkanes) is 28. The van der Waals surface area contributed by atoms with E-state index in [9.17, 15) is 8.42 Å². The van der Waals surface area contributed by atoms with E-state index < -0.39 is 10.4 Å². The van der Waals surface area contributed by atoms with Crippen LogP contribution in [0, 0.1) is 0 Å². The highest BCUT2D eigenvalue weighted by molar-refractivity contribution is 7.80. The average Bonchev–Trinajstić information content (AvgIpc) is 2.90. The Morgan fingerprint density at radius 2 is 0.692 bits per heavy atom. The fraction of sp³-hybridized carbons (Fsp3) is 0.941. The van der Waals surface area contributed by atoms with E-state index in [0.29, 0.717) is 6.42 Å². The van der Waals surface area contributed by atoms with Gasteiger partial charge in [-0.05, 0) is 32.1 Å². The summed E-state index contributed by atoms with van der Waals surface area (Å²) in [5, 5.41) is 0. The van der Waals surface area contributed by atoms with Gasteiger partial charge >= 0.3 is 10.4 Å². The molecular formula is C34H68O4S. The number of allylic oxidation sites excluding steroid dienone is 2. The monoisotopic (exact) mass is 572 g/mol. The van der Waals surface area contributed by atoms with Crippen LogP contribution in [0.25, 0.3) is 0 Å². The molecule has 0 atom stereocenters. The molecule has 0 spiro atoms. The standard InChI is InChI=1S/C34H68O4S/c1-2-3-4-5-6-7-8-9-10-11-12-13-14-15-16-17-18-19-20-21-22-23-24-25-26-27-28-29-30-31-32-33-34-38-39(35,36)37/h25-26H,2-24,27-34H2,1H3,(H,35,36,37). The van der Waals surface area contributed by atoms with Crippen LogP contribution < -0.4 is 0 Å². The molecule has 0 aliphatic rings. The lowest BCUT2D eigenvalue weighted by Crippen LogP contribution is -2.04. The Labute approximate surface area is 245 Å². The van der Waals surface area contributed by atoms with Gasteiger partial charge < -0.3 is 0 Å². The van der Waals surface area contributed by atoms with Crippen molar-refractivity contribution in [3.63, 3.8) is 0 Å². The lowest BCUT2D eigenvalue weighted by molar-refractivity contribution is 0.261. The predicted octanol–water partition coefficient (Wildman–Crippen LogP) is 12.1. The highest BCUT2D eigenvalue weighted by atomic mass is 32.3. The van der Waals surface area contributed by atoms with Gasteiger partial charge in [-0.2, -0.15) is 8.42 Å². The molecule has 39 heavy (non-hydrogen) atoms. The van der Waals surface area contributed by atoms with Crippen molar-refractivity contribution in [1.82, 2.24) is 0 Å². The first-order valence-corrected chi connectivity index (χ1v) is 18.7. The van der Waals surface area contributed by atoms with E-state index in [4.69, 9.17) is 4.55 Å². The van der Waals surface area contributed by atoms with Crippen LogP contribution in [0.15, 0.2) is 12.2 Å². The Morgan fingerprint density at radius 3 is 0.974 bits per heavy atom. The summed E-state index contributed by atoms with van der Waals surface area (Å²) in [6, 6.07) is 0. The zero-order chi connectivity index (χ0) is 28.5. The molecule has 0 bridgehead atoms. The van der Waals surface area contributed by atoms with Crippen molar-refractivity contribution in [2.24, 2.45) is 0 Å². The maximum atomic E-state index is 10.4. The van der Waals surface area contributed by atoms with Gasteiger partial charge in [-0.1, -0.05) is 180 Å². The minimum absolute atomic E-state index is 0.0845. The quantitative estimate of drug-likeness (QED) is 0.0482. The molecule has 0 unspecified atom stereocenters. The van der Waals surface area contributed by atoms with Gasteiger partial charge in [0.2, 0.25) is 0 Å². The van der Waals surface area contributed by atoms with Gasteiger partial charge in [0.1, 0.15) is 0 Å². The van der Waals surface area contributed by atoms with Crippen molar-refractivity contribution >= 4 is 10.4 Å². The normalized spacial score (nSPS) is 12.2. The summed E-state index contributed by atoms with van der Waals surface area (Å²) < 4.78 is 33.6. The fourth-order valence-corrected chi connectivity index (χ4v) is 5.67. The van der Waals surface area contributed by atoms with E-state index in [1.54, 1.807) is 0 Å². The van der Waals surface area contributed by atoms with Crippen LogP contribution in [0.3, 0.4) is 0 Å². The maximum Gasteiger partial charge on any atom is 0.397 e. The van der Waals surface area contributed by atoms with Crippen molar-refractivity contribution in [2.45, 2.75) is 200 Å². The lowest BCUT2D eigenvalue weighted by atomic mass is 10.0. The minimum Gasteiger partial charge on any atom is -0.264 e. The van der Waals surface area contributed by atoms with Crippen molar-refractivity contribution in [3.8, 4) is 0 Å². The van der Waals surface area contributed by atoms with Crippen LogP contribution in [0.5, 0.6) is 0 Å². The molecule has 0 aliphatic heterocycles. The molecule has 5 heteroatoms. The SMILES string of the molecule is CCCCCCCCCCCCCCCCCCCCCCCCC=CCCCCCCCCOS(=O)(=O)O.